The van der Waals surface area contributed by atoms with Crippen molar-refractivity contribution in [3.05, 3.63) is 89.0 Å². The number of carbonyl (C=O) groups excluding carboxylic acids is 1. The van der Waals surface area contributed by atoms with Gasteiger partial charge in [0.25, 0.3) is 5.91 Å². The molecule has 1 amide bonds. The summed E-state index contributed by atoms with van der Waals surface area (Å²) in [5.74, 6) is -0.417. The second kappa shape index (κ2) is 13.8. The number of pyridine rings is 1. The molecular weight excluding hydrogens is 682 g/mol. The summed E-state index contributed by atoms with van der Waals surface area (Å²) in [6.07, 6.45) is -0.356. The molecule has 3 heterocycles. The lowest BCUT2D eigenvalue weighted by molar-refractivity contribution is -0.137. The molecule has 3 aromatic carbocycles. The molecule has 1 aromatic heterocycles. The number of halogens is 3. The molecule has 0 unspecified atom stereocenters. The highest BCUT2D eigenvalue weighted by Gasteiger charge is 2.46. The topological polar surface area (TPSA) is 101 Å². The Morgan fingerprint density at radius 2 is 1.71 bits per heavy atom. The fourth-order valence-corrected chi connectivity index (χ4v) is 8.35. The van der Waals surface area contributed by atoms with Crippen LogP contribution in [0.1, 0.15) is 52.7 Å². The summed E-state index contributed by atoms with van der Waals surface area (Å²) in [7, 11) is -2.48. The molecule has 51 heavy (non-hydrogen) atoms. The van der Waals surface area contributed by atoms with Crippen molar-refractivity contribution < 1.29 is 35.9 Å². The van der Waals surface area contributed by atoms with Crippen LogP contribution in [0.15, 0.2) is 71.6 Å². The second-order valence-electron chi connectivity index (χ2n) is 13.7. The predicted molar refractivity (Wildman–Crippen MR) is 187 cm³/mol. The zero-order chi connectivity index (χ0) is 36.0. The largest absolute Gasteiger partial charge is 0.495 e. The number of nitrogens with zero attached hydrogens (tertiary/aromatic N) is 3. The van der Waals surface area contributed by atoms with Gasteiger partial charge in [-0.25, -0.2) is 13.4 Å². The van der Waals surface area contributed by atoms with E-state index in [2.05, 4.69) is 15.1 Å². The molecule has 1 N–H and O–H groups in total. The number of nitrogens with one attached hydrogen (secondary N) is 1. The highest BCUT2D eigenvalue weighted by atomic mass is 32.2. The normalized spacial score (nSPS) is 18.8. The Balaban J connectivity index is 1.40. The molecule has 0 radical (unpaired) electrons. The van der Waals surface area contributed by atoms with Gasteiger partial charge in [-0.1, -0.05) is 42.5 Å². The van der Waals surface area contributed by atoms with Gasteiger partial charge in [-0.2, -0.15) is 13.2 Å². The van der Waals surface area contributed by atoms with Gasteiger partial charge in [0, 0.05) is 54.5 Å². The molecule has 9 nitrogen and oxygen atoms in total. The molecule has 3 fully saturated rings. The van der Waals surface area contributed by atoms with E-state index in [1.807, 2.05) is 30.3 Å². The number of sulfone groups is 1. The maximum Gasteiger partial charge on any atom is 0.416 e. The van der Waals surface area contributed by atoms with Gasteiger partial charge in [0.2, 0.25) is 0 Å². The molecule has 0 spiro atoms. The third-order valence-electron chi connectivity index (χ3n) is 10.4. The van der Waals surface area contributed by atoms with E-state index in [0.717, 1.165) is 49.9 Å². The number of ether oxygens (including phenoxy) is 2. The third-order valence-corrected chi connectivity index (χ3v) is 11.5. The highest BCUT2D eigenvalue weighted by Crippen LogP contribution is 2.46. The monoisotopic (exact) mass is 722 g/mol. The van der Waals surface area contributed by atoms with Crippen molar-refractivity contribution in [2.75, 3.05) is 52.8 Å². The number of hydrogen-bond donors (Lipinski definition) is 1. The molecule has 0 atom stereocenters. The maximum absolute atomic E-state index is 14.8. The van der Waals surface area contributed by atoms with Crippen LogP contribution in [0, 0.1) is 0 Å². The Morgan fingerprint density at radius 3 is 2.33 bits per heavy atom. The summed E-state index contributed by atoms with van der Waals surface area (Å²) in [6.45, 7) is 4.78. The van der Waals surface area contributed by atoms with Gasteiger partial charge in [0.15, 0.2) is 9.84 Å². The van der Waals surface area contributed by atoms with E-state index in [9.17, 15) is 26.4 Å². The van der Waals surface area contributed by atoms with Crippen LogP contribution in [0.4, 0.5) is 13.2 Å². The summed E-state index contributed by atoms with van der Waals surface area (Å²) in [6, 6.07) is 17.8. The molecule has 4 aromatic rings. The van der Waals surface area contributed by atoms with Gasteiger partial charge < -0.3 is 14.8 Å². The van der Waals surface area contributed by atoms with Crippen LogP contribution in [-0.4, -0.2) is 87.9 Å². The van der Waals surface area contributed by atoms with Crippen molar-refractivity contribution in [3.63, 3.8) is 0 Å². The van der Waals surface area contributed by atoms with Gasteiger partial charge in [0.05, 0.1) is 48.2 Å². The van der Waals surface area contributed by atoms with Crippen LogP contribution >= 0.6 is 0 Å². The van der Waals surface area contributed by atoms with Gasteiger partial charge in [-0.3, -0.25) is 14.6 Å². The molecule has 7 rings (SSSR count). The number of morpholine rings is 1. The third kappa shape index (κ3) is 7.35. The standard InChI is InChI=1S/C38H41F3N4O5S/c1-49-32-23-31-29(22-33(32)51(2,47)48)34(36(46)43-37(13-14-37)26-8-4-3-5-9-26)30(35(42-31)25-7-6-10-27(21-25)38(39,40)41)24-44-15-11-28(12-16-44)45-17-19-50-20-18-45/h3-10,21-23,28H,11-20,24H2,1-2H3,(H,43,46). The summed E-state index contributed by atoms with van der Waals surface area (Å²) in [4.78, 5) is 24.2. The number of carbonyl (C=O) groups is 1. The minimum atomic E-state index is -4.60. The van der Waals surface area contributed by atoms with E-state index in [1.165, 1.54) is 25.3 Å². The van der Waals surface area contributed by atoms with E-state index < -0.39 is 33.0 Å². The number of alkyl halides is 3. The molecule has 1 aliphatic carbocycles. The lowest BCUT2D eigenvalue weighted by Crippen LogP contribution is -2.48. The highest BCUT2D eigenvalue weighted by molar-refractivity contribution is 7.90. The lowest BCUT2D eigenvalue weighted by atomic mass is 9.93. The van der Waals surface area contributed by atoms with Crippen LogP contribution in [0.3, 0.4) is 0 Å². The van der Waals surface area contributed by atoms with Crippen LogP contribution in [0.25, 0.3) is 22.2 Å². The maximum atomic E-state index is 14.8. The number of likely N-dealkylation sites (tertiary alicyclic amines) is 1. The number of hydrogen-bond acceptors (Lipinski definition) is 8. The van der Waals surface area contributed by atoms with Crippen molar-refractivity contribution >= 4 is 26.6 Å². The van der Waals surface area contributed by atoms with E-state index in [4.69, 9.17) is 14.5 Å². The van der Waals surface area contributed by atoms with Crippen molar-refractivity contribution in [2.45, 2.75) is 54.9 Å². The Hall–Kier alpha value is -4.04. The molecule has 2 aliphatic heterocycles. The van der Waals surface area contributed by atoms with E-state index in [0.29, 0.717) is 50.8 Å². The minimum Gasteiger partial charge on any atom is -0.495 e. The van der Waals surface area contributed by atoms with Crippen LogP contribution in [-0.2, 0) is 32.8 Å². The Labute approximate surface area is 295 Å². The molecule has 270 valence electrons. The van der Waals surface area contributed by atoms with Crippen molar-refractivity contribution in [1.82, 2.24) is 20.1 Å². The Kier molecular flexibility index (Phi) is 9.59. The number of fused-ring (bicyclic) bond motifs is 1. The number of amides is 1. The fourth-order valence-electron chi connectivity index (χ4n) is 7.51. The van der Waals surface area contributed by atoms with Gasteiger partial charge in [-0.15, -0.1) is 0 Å². The molecular formula is C38H41F3N4O5S. The SMILES string of the molecule is COc1cc2nc(-c3cccc(C(F)(F)F)c3)c(CN3CCC(N4CCOCC4)CC3)c(C(=O)NC3(c4ccccc4)CC3)c2cc1S(C)(=O)=O. The number of benzene rings is 3. The van der Waals surface area contributed by atoms with Crippen molar-refractivity contribution in [1.29, 1.82) is 0 Å². The van der Waals surface area contributed by atoms with Crippen molar-refractivity contribution in [3.8, 4) is 17.0 Å². The zero-order valence-electron chi connectivity index (χ0n) is 28.6. The van der Waals surface area contributed by atoms with Crippen LogP contribution in [0.2, 0.25) is 0 Å². The van der Waals surface area contributed by atoms with Crippen LogP contribution in [0.5, 0.6) is 5.75 Å². The molecule has 13 heteroatoms. The summed E-state index contributed by atoms with van der Waals surface area (Å²) in [5.41, 5.74) is 0.786. The summed E-state index contributed by atoms with van der Waals surface area (Å²) < 4.78 is 79.2. The molecule has 2 saturated heterocycles. The van der Waals surface area contributed by atoms with E-state index in [-0.39, 0.29) is 44.9 Å². The smallest absolute Gasteiger partial charge is 0.416 e. The average molecular weight is 723 g/mol. The van der Waals surface area contributed by atoms with E-state index in [1.54, 1.807) is 6.07 Å². The number of aromatic nitrogens is 1. The first kappa shape index (κ1) is 35.4. The predicted octanol–water partition coefficient (Wildman–Crippen LogP) is 6.05. The minimum absolute atomic E-state index is 0.0275. The number of methoxy groups -OCH3 is 1. The first-order valence-corrected chi connectivity index (χ1v) is 19.1. The second-order valence-corrected chi connectivity index (χ2v) is 15.7. The summed E-state index contributed by atoms with van der Waals surface area (Å²) >= 11 is 0. The van der Waals surface area contributed by atoms with Gasteiger partial charge >= 0.3 is 6.18 Å². The first-order valence-electron chi connectivity index (χ1n) is 17.2. The van der Waals surface area contributed by atoms with E-state index >= 15 is 0 Å². The zero-order valence-corrected chi connectivity index (χ0v) is 29.4. The number of rotatable bonds is 9. The van der Waals surface area contributed by atoms with Crippen LogP contribution < -0.4 is 10.1 Å². The van der Waals surface area contributed by atoms with Gasteiger partial charge in [-0.05, 0) is 62.5 Å². The van der Waals surface area contributed by atoms with Gasteiger partial charge in [0.1, 0.15) is 10.6 Å². The lowest BCUT2D eigenvalue weighted by Gasteiger charge is -2.40. The fraction of sp³-hybridized carbons (Fsp3) is 0.421. The first-order chi connectivity index (χ1) is 24.4. The number of piperidine rings is 1. The molecule has 1 saturated carbocycles. The Morgan fingerprint density at radius 1 is 1.00 bits per heavy atom. The summed E-state index contributed by atoms with van der Waals surface area (Å²) in [5, 5.41) is 3.54. The average Bonchev–Trinajstić information content (AvgIpc) is 3.91. The molecule has 3 aliphatic rings. The quantitative estimate of drug-likeness (QED) is 0.223. The van der Waals surface area contributed by atoms with Crippen molar-refractivity contribution in [2.24, 2.45) is 0 Å². The Bertz CT molecular complexity index is 2040. The molecule has 0 bridgehead atoms.